The second kappa shape index (κ2) is 51.3. The predicted molar refractivity (Wildman–Crippen MR) is 266 cm³/mol. The SMILES string of the molecule is CC(C)(C)OC(=O)c1ccc(OCCCCCCCCCC(N)=O)cc1.NCCOCCOCCOCCOCCOCCOCCOCCOCCOCCOCCOCCNC(=O)CCCC(=O)O. The van der Waals surface area contributed by atoms with E-state index in [4.69, 9.17) is 78.2 Å². The summed E-state index contributed by atoms with van der Waals surface area (Å²) in [6.45, 7) is 17.8. The highest BCUT2D eigenvalue weighted by molar-refractivity contribution is 5.89. The molecular weight excluding hydrogens is 931 g/mol. The van der Waals surface area contributed by atoms with Crippen molar-refractivity contribution in [2.45, 2.75) is 97.0 Å². The van der Waals surface area contributed by atoms with Crippen LogP contribution in [0, 0.1) is 0 Å². The Labute approximate surface area is 423 Å². The van der Waals surface area contributed by atoms with Gasteiger partial charge in [-0.1, -0.05) is 32.1 Å². The van der Waals surface area contributed by atoms with Gasteiger partial charge < -0.3 is 83.5 Å². The molecule has 0 unspecified atom stereocenters. The first kappa shape index (κ1) is 67.4. The number of nitrogens with one attached hydrogen (secondary N) is 1. The van der Waals surface area contributed by atoms with Gasteiger partial charge in [0.15, 0.2) is 0 Å². The topological polar surface area (TPSA) is 273 Å². The number of carbonyl (C=O) groups is 4. The highest BCUT2D eigenvalue weighted by Gasteiger charge is 2.17. The number of unbranched alkanes of at least 4 members (excludes halogenated alkanes) is 6. The van der Waals surface area contributed by atoms with Crippen LogP contribution in [0.5, 0.6) is 5.75 Å². The molecule has 0 aliphatic rings. The lowest BCUT2D eigenvalue weighted by atomic mass is 10.1. The maximum absolute atomic E-state index is 11.9. The Kier molecular flexibility index (Phi) is 48.7. The lowest BCUT2D eigenvalue weighted by molar-refractivity contribution is -0.137. The molecule has 414 valence electrons. The number of hydrogen-bond donors (Lipinski definition) is 4. The summed E-state index contributed by atoms with van der Waals surface area (Å²) in [5, 5.41) is 11.2. The third kappa shape index (κ3) is 54.0. The first-order chi connectivity index (χ1) is 34.4. The number of primary amides is 1. The number of hydrogen-bond acceptors (Lipinski definition) is 18. The van der Waals surface area contributed by atoms with Crippen molar-refractivity contribution < 1.29 is 85.9 Å². The van der Waals surface area contributed by atoms with Crippen LogP contribution in [0.3, 0.4) is 0 Å². The molecule has 0 heterocycles. The summed E-state index contributed by atoms with van der Waals surface area (Å²) in [5.74, 6) is -0.837. The molecule has 6 N–H and O–H groups in total. The van der Waals surface area contributed by atoms with E-state index in [-0.39, 0.29) is 30.6 Å². The minimum atomic E-state index is -0.902. The Bertz CT molecular complexity index is 1370. The molecule has 71 heavy (non-hydrogen) atoms. The molecule has 0 saturated heterocycles. The van der Waals surface area contributed by atoms with Crippen molar-refractivity contribution in [3.8, 4) is 5.75 Å². The lowest BCUT2D eigenvalue weighted by Gasteiger charge is -2.19. The van der Waals surface area contributed by atoms with Crippen molar-refractivity contribution in [2.24, 2.45) is 11.5 Å². The van der Waals surface area contributed by atoms with Crippen molar-refractivity contribution >= 4 is 23.8 Å². The molecule has 2 amide bonds. The Morgan fingerprint density at radius 3 is 1.20 bits per heavy atom. The number of aliphatic carboxylic acids is 1. The number of benzene rings is 1. The second-order valence-corrected chi connectivity index (χ2v) is 16.7. The Balaban J connectivity index is 0.00000159. The van der Waals surface area contributed by atoms with E-state index in [0.29, 0.717) is 183 Å². The van der Waals surface area contributed by atoms with Crippen molar-refractivity contribution in [1.29, 1.82) is 0 Å². The molecule has 0 fully saturated rings. The molecular formula is C50H91N3O18. The fraction of sp³-hybridized carbons (Fsp3) is 0.800. The average molecular weight is 1020 g/mol. The van der Waals surface area contributed by atoms with E-state index in [2.05, 4.69) is 5.32 Å². The van der Waals surface area contributed by atoms with Gasteiger partial charge in [-0.15, -0.1) is 0 Å². The zero-order valence-corrected chi connectivity index (χ0v) is 43.3. The number of carboxylic acid groups (broad SMARTS) is 1. The zero-order valence-electron chi connectivity index (χ0n) is 43.3. The highest BCUT2D eigenvalue weighted by atomic mass is 16.6. The first-order valence-corrected chi connectivity index (χ1v) is 25.2. The quantitative estimate of drug-likeness (QED) is 0.0528. The smallest absolute Gasteiger partial charge is 0.338 e. The molecule has 1 rings (SSSR count). The van der Waals surface area contributed by atoms with Crippen molar-refractivity contribution in [2.75, 3.05) is 165 Å². The third-order valence-electron chi connectivity index (χ3n) is 9.17. The fourth-order valence-corrected chi connectivity index (χ4v) is 5.64. The molecule has 0 atom stereocenters. The molecule has 0 spiro atoms. The van der Waals surface area contributed by atoms with Gasteiger partial charge >= 0.3 is 11.9 Å². The molecule has 21 heteroatoms. The van der Waals surface area contributed by atoms with Crippen LogP contribution in [0.1, 0.15) is 102 Å². The van der Waals surface area contributed by atoms with Gasteiger partial charge in [0, 0.05) is 32.4 Å². The van der Waals surface area contributed by atoms with Gasteiger partial charge in [0.2, 0.25) is 11.8 Å². The molecule has 0 bridgehead atoms. The molecule has 0 radical (unpaired) electrons. The maximum atomic E-state index is 11.9. The van der Waals surface area contributed by atoms with Crippen molar-refractivity contribution in [3.05, 3.63) is 29.8 Å². The number of rotatable bonds is 51. The number of amides is 2. The first-order valence-electron chi connectivity index (χ1n) is 25.2. The van der Waals surface area contributed by atoms with Crippen LogP contribution in [0.4, 0.5) is 0 Å². The van der Waals surface area contributed by atoms with E-state index < -0.39 is 11.6 Å². The molecule has 1 aromatic carbocycles. The van der Waals surface area contributed by atoms with Gasteiger partial charge in [0.1, 0.15) is 11.4 Å². The molecule has 21 nitrogen and oxygen atoms in total. The minimum absolute atomic E-state index is 0.00867. The molecule has 0 aliphatic heterocycles. The molecule has 0 saturated carbocycles. The number of esters is 1. The third-order valence-corrected chi connectivity index (χ3v) is 9.17. The van der Waals surface area contributed by atoms with Crippen LogP contribution in [-0.2, 0) is 71.2 Å². The summed E-state index contributed by atoms with van der Waals surface area (Å²) in [5.41, 5.74) is 10.5. The summed E-state index contributed by atoms with van der Waals surface area (Å²) in [4.78, 5) is 44.4. The average Bonchev–Trinajstić information content (AvgIpc) is 3.33. The summed E-state index contributed by atoms with van der Waals surface area (Å²) in [6, 6.07) is 7.07. The minimum Gasteiger partial charge on any atom is -0.494 e. The van der Waals surface area contributed by atoms with Crippen LogP contribution >= 0.6 is 0 Å². The summed E-state index contributed by atoms with van der Waals surface area (Å²) < 4.78 is 70.5. The maximum Gasteiger partial charge on any atom is 0.338 e. The van der Waals surface area contributed by atoms with Gasteiger partial charge in [-0.2, -0.15) is 0 Å². The summed E-state index contributed by atoms with van der Waals surface area (Å²) in [7, 11) is 0. The number of carboxylic acids is 1. The van der Waals surface area contributed by atoms with Crippen molar-refractivity contribution in [3.63, 3.8) is 0 Å². The largest absolute Gasteiger partial charge is 0.494 e. The normalized spacial score (nSPS) is 11.3. The van der Waals surface area contributed by atoms with E-state index >= 15 is 0 Å². The number of ether oxygens (including phenoxy) is 13. The highest BCUT2D eigenvalue weighted by Crippen LogP contribution is 2.17. The molecule has 0 aromatic heterocycles. The van der Waals surface area contributed by atoms with Gasteiger partial charge in [-0.05, 0) is 64.3 Å². The van der Waals surface area contributed by atoms with E-state index in [1.807, 2.05) is 20.8 Å². The zero-order chi connectivity index (χ0) is 52.1. The number of carbonyl (C=O) groups excluding carboxylic acids is 3. The van der Waals surface area contributed by atoms with E-state index in [1.165, 1.54) is 12.8 Å². The van der Waals surface area contributed by atoms with Crippen LogP contribution < -0.4 is 21.5 Å². The van der Waals surface area contributed by atoms with Crippen LogP contribution in [0.15, 0.2) is 24.3 Å². The Hall–Kier alpha value is -3.58. The van der Waals surface area contributed by atoms with E-state index in [1.54, 1.807) is 24.3 Å². The predicted octanol–water partition coefficient (Wildman–Crippen LogP) is 4.13. The Morgan fingerprint density at radius 1 is 0.465 bits per heavy atom. The molecule has 1 aromatic rings. The van der Waals surface area contributed by atoms with Crippen LogP contribution in [0.25, 0.3) is 0 Å². The monoisotopic (exact) mass is 1020 g/mol. The van der Waals surface area contributed by atoms with Gasteiger partial charge in [-0.3, -0.25) is 14.4 Å². The standard InChI is InChI=1S/C29H58N2O14.C21H33NO4/c30-4-6-35-8-10-37-12-14-39-16-18-41-20-22-43-24-26-45-27-25-44-23-21-42-19-17-40-15-13-38-11-9-36-7-5-31-28(32)2-1-3-29(33)34;1-21(2,3)26-20(24)17-12-14-18(15-13-17)25-16-10-8-6-4-5-7-9-11-19(22)23/h1-27,30H2,(H,31,32)(H,33,34);12-15H,4-11,16H2,1-3H3,(H2,22,23). The fourth-order valence-electron chi connectivity index (χ4n) is 5.64. The van der Waals surface area contributed by atoms with Gasteiger partial charge in [-0.25, -0.2) is 4.79 Å². The second-order valence-electron chi connectivity index (χ2n) is 16.7. The van der Waals surface area contributed by atoms with Crippen LogP contribution in [-0.4, -0.2) is 200 Å². The Morgan fingerprint density at radius 2 is 0.831 bits per heavy atom. The van der Waals surface area contributed by atoms with Crippen LogP contribution in [0.2, 0.25) is 0 Å². The van der Waals surface area contributed by atoms with E-state index in [9.17, 15) is 19.2 Å². The molecule has 0 aliphatic carbocycles. The number of nitrogens with two attached hydrogens (primary N) is 2. The van der Waals surface area contributed by atoms with E-state index in [0.717, 1.165) is 37.9 Å². The lowest BCUT2D eigenvalue weighted by Crippen LogP contribution is -2.27. The summed E-state index contributed by atoms with van der Waals surface area (Å²) in [6.07, 6.45) is 8.65. The van der Waals surface area contributed by atoms with Crippen molar-refractivity contribution in [1.82, 2.24) is 5.32 Å². The van der Waals surface area contributed by atoms with Gasteiger partial charge in [0.05, 0.1) is 158 Å². The summed E-state index contributed by atoms with van der Waals surface area (Å²) >= 11 is 0. The van der Waals surface area contributed by atoms with Gasteiger partial charge in [0.25, 0.3) is 0 Å².